The Bertz CT molecular complexity index is 723. The van der Waals surface area contributed by atoms with Crippen LogP contribution in [0.5, 0.6) is 5.75 Å². The third-order valence-corrected chi connectivity index (χ3v) is 3.80. The molecular formula is C18H23F3N4O. The molecule has 0 atom stereocenters. The summed E-state index contributed by atoms with van der Waals surface area (Å²) in [5, 5.41) is 3.24. The van der Waals surface area contributed by atoms with Gasteiger partial charge in [-0.25, -0.2) is 0 Å². The molecule has 0 radical (unpaired) electrons. The van der Waals surface area contributed by atoms with E-state index in [4.69, 9.17) is 4.74 Å². The lowest BCUT2D eigenvalue weighted by Crippen LogP contribution is -2.38. The smallest absolute Gasteiger partial charge is 0.422 e. The highest BCUT2D eigenvalue weighted by Crippen LogP contribution is 2.18. The van der Waals surface area contributed by atoms with E-state index in [9.17, 15) is 13.2 Å². The molecule has 5 nitrogen and oxygen atoms in total. The molecule has 0 amide bonds. The van der Waals surface area contributed by atoms with Gasteiger partial charge in [-0.3, -0.25) is 4.99 Å². The molecule has 0 saturated heterocycles. The first kappa shape index (κ1) is 19.7. The maximum Gasteiger partial charge on any atom is 0.422 e. The molecule has 1 aromatic heterocycles. The molecule has 2 rings (SSSR count). The Morgan fingerprint density at radius 2 is 1.92 bits per heavy atom. The van der Waals surface area contributed by atoms with Crippen LogP contribution in [0.4, 0.5) is 13.2 Å². The summed E-state index contributed by atoms with van der Waals surface area (Å²) in [4.78, 5) is 6.26. The fraction of sp³-hybridized carbons (Fsp3) is 0.389. The van der Waals surface area contributed by atoms with Gasteiger partial charge in [0.05, 0.1) is 6.54 Å². The minimum atomic E-state index is -4.34. The van der Waals surface area contributed by atoms with Gasteiger partial charge in [-0.2, -0.15) is 13.2 Å². The van der Waals surface area contributed by atoms with Crippen LogP contribution in [0.25, 0.3) is 0 Å². The van der Waals surface area contributed by atoms with E-state index >= 15 is 0 Å². The molecule has 2 aromatic rings. The molecule has 0 bridgehead atoms. The zero-order valence-corrected chi connectivity index (χ0v) is 15.0. The van der Waals surface area contributed by atoms with Gasteiger partial charge in [0.1, 0.15) is 5.75 Å². The average molecular weight is 368 g/mol. The molecule has 0 aliphatic carbocycles. The quantitative estimate of drug-likeness (QED) is 0.629. The van der Waals surface area contributed by atoms with Gasteiger partial charge in [0, 0.05) is 39.6 Å². The number of rotatable bonds is 6. The van der Waals surface area contributed by atoms with E-state index in [2.05, 4.69) is 10.3 Å². The Labute approximate surface area is 151 Å². The van der Waals surface area contributed by atoms with Crippen LogP contribution in [0, 0.1) is 0 Å². The van der Waals surface area contributed by atoms with Gasteiger partial charge >= 0.3 is 6.18 Å². The Morgan fingerprint density at radius 3 is 2.46 bits per heavy atom. The second-order valence-electron chi connectivity index (χ2n) is 5.92. The number of hydrogen-bond acceptors (Lipinski definition) is 2. The third kappa shape index (κ3) is 6.02. The summed E-state index contributed by atoms with van der Waals surface area (Å²) in [5.74, 6) is 0.917. The minimum absolute atomic E-state index is 0.191. The number of hydrogen-bond donors (Lipinski definition) is 1. The van der Waals surface area contributed by atoms with Crippen molar-refractivity contribution in [3.63, 3.8) is 0 Å². The summed E-state index contributed by atoms with van der Waals surface area (Å²) in [6.45, 7) is -0.0850. The molecule has 8 heteroatoms. The van der Waals surface area contributed by atoms with E-state index in [1.54, 1.807) is 19.2 Å². The summed E-state index contributed by atoms with van der Waals surface area (Å²) in [6, 6.07) is 10.5. The molecular weight excluding hydrogens is 345 g/mol. The van der Waals surface area contributed by atoms with Gasteiger partial charge in [0.25, 0.3) is 0 Å². The summed E-state index contributed by atoms with van der Waals surface area (Å²) < 4.78 is 43.2. The first-order chi connectivity index (χ1) is 12.3. The number of aromatic nitrogens is 1. The lowest BCUT2D eigenvalue weighted by Gasteiger charge is -2.22. The van der Waals surface area contributed by atoms with Crippen molar-refractivity contribution >= 4 is 5.96 Å². The van der Waals surface area contributed by atoms with E-state index in [0.29, 0.717) is 13.1 Å². The molecule has 1 heterocycles. The number of benzene rings is 1. The maximum absolute atomic E-state index is 12.2. The van der Waals surface area contributed by atoms with Gasteiger partial charge in [-0.1, -0.05) is 12.1 Å². The van der Waals surface area contributed by atoms with Crippen LogP contribution in [-0.2, 0) is 20.1 Å². The number of alkyl halides is 3. The van der Waals surface area contributed by atoms with Crippen LogP contribution in [0.1, 0.15) is 11.3 Å². The first-order valence-electron chi connectivity index (χ1n) is 8.09. The minimum Gasteiger partial charge on any atom is -0.484 e. The summed E-state index contributed by atoms with van der Waals surface area (Å²) in [5.41, 5.74) is 2.07. The van der Waals surface area contributed by atoms with Crippen molar-refractivity contribution in [1.29, 1.82) is 0 Å². The van der Waals surface area contributed by atoms with E-state index in [1.165, 1.54) is 12.1 Å². The molecule has 0 spiro atoms. The first-order valence-corrected chi connectivity index (χ1v) is 8.09. The monoisotopic (exact) mass is 368 g/mol. The van der Waals surface area contributed by atoms with Gasteiger partial charge in [-0.15, -0.1) is 0 Å². The molecule has 142 valence electrons. The maximum atomic E-state index is 12.2. The number of ether oxygens (including phenoxy) is 1. The predicted molar refractivity (Wildman–Crippen MR) is 95.1 cm³/mol. The zero-order chi connectivity index (χ0) is 19.2. The number of halogens is 3. The highest BCUT2D eigenvalue weighted by Gasteiger charge is 2.28. The van der Waals surface area contributed by atoms with E-state index in [-0.39, 0.29) is 5.75 Å². The Morgan fingerprint density at radius 1 is 1.23 bits per heavy atom. The fourth-order valence-corrected chi connectivity index (χ4v) is 2.41. The van der Waals surface area contributed by atoms with E-state index in [1.807, 2.05) is 41.9 Å². The largest absolute Gasteiger partial charge is 0.484 e. The molecule has 0 unspecified atom stereocenters. The van der Waals surface area contributed by atoms with Crippen LogP contribution in [0.3, 0.4) is 0 Å². The average Bonchev–Trinajstić information content (AvgIpc) is 2.99. The van der Waals surface area contributed by atoms with E-state index in [0.717, 1.165) is 17.2 Å². The van der Waals surface area contributed by atoms with Crippen molar-refractivity contribution in [2.75, 3.05) is 20.7 Å². The van der Waals surface area contributed by atoms with Crippen molar-refractivity contribution in [1.82, 2.24) is 14.8 Å². The van der Waals surface area contributed by atoms with Crippen LogP contribution >= 0.6 is 0 Å². The highest BCUT2D eigenvalue weighted by atomic mass is 19.4. The van der Waals surface area contributed by atoms with Crippen LogP contribution < -0.4 is 10.1 Å². The number of aryl methyl sites for hydroxylation is 1. The van der Waals surface area contributed by atoms with Crippen molar-refractivity contribution in [2.24, 2.45) is 12.0 Å². The van der Waals surface area contributed by atoms with Gasteiger partial charge in [0.2, 0.25) is 0 Å². The second kappa shape index (κ2) is 8.64. The molecule has 0 aliphatic rings. The SMILES string of the molecule is CN=C(NCc1ccc(OCC(F)(F)F)cc1)N(C)Cc1cccn1C. The number of nitrogens with zero attached hydrogens (tertiary/aromatic N) is 3. The van der Waals surface area contributed by atoms with Gasteiger partial charge < -0.3 is 19.5 Å². The van der Waals surface area contributed by atoms with Gasteiger partial charge in [0.15, 0.2) is 12.6 Å². The van der Waals surface area contributed by atoms with Crippen LogP contribution in [0.15, 0.2) is 47.6 Å². The molecule has 0 fully saturated rings. The van der Waals surface area contributed by atoms with Crippen molar-refractivity contribution < 1.29 is 17.9 Å². The lowest BCUT2D eigenvalue weighted by molar-refractivity contribution is -0.153. The Hall–Kier alpha value is -2.64. The number of aliphatic imine (C=N–C) groups is 1. The van der Waals surface area contributed by atoms with Crippen molar-refractivity contribution in [2.45, 2.75) is 19.3 Å². The Kier molecular flexibility index (Phi) is 6.54. The highest BCUT2D eigenvalue weighted by molar-refractivity contribution is 5.79. The van der Waals surface area contributed by atoms with Crippen molar-refractivity contribution in [3.8, 4) is 5.75 Å². The third-order valence-electron chi connectivity index (χ3n) is 3.80. The normalized spacial score (nSPS) is 12.2. The number of nitrogens with one attached hydrogen (secondary N) is 1. The Balaban J connectivity index is 1.87. The lowest BCUT2D eigenvalue weighted by atomic mass is 10.2. The van der Waals surface area contributed by atoms with Gasteiger partial charge in [-0.05, 0) is 29.8 Å². The molecule has 0 aliphatic heterocycles. The van der Waals surface area contributed by atoms with Crippen LogP contribution in [-0.4, -0.2) is 42.3 Å². The van der Waals surface area contributed by atoms with Crippen molar-refractivity contribution in [3.05, 3.63) is 53.9 Å². The summed E-state index contributed by atoms with van der Waals surface area (Å²) in [6.07, 6.45) is -2.35. The molecule has 26 heavy (non-hydrogen) atoms. The summed E-state index contributed by atoms with van der Waals surface area (Å²) in [7, 11) is 5.64. The zero-order valence-electron chi connectivity index (χ0n) is 15.0. The standard InChI is InChI=1S/C18H23F3N4O/c1-22-17(25(3)12-15-5-4-10-24(15)2)23-11-14-6-8-16(9-7-14)26-13-18(19,20)21/h4-10H,11-13H2,1-3H3,(H,22,23). The molecule has 0 saturated carbocycles. The summed E-state index contributed by atoms with van der Waals surface area (Å²) >= 11 is 0. The van der Waals surface area contributed by atoms with Crippen LogP contribution in [0.2, 0.25) is 0 Å². The molecule has 1 N–H and O–H groups in total. The van der Waals surface area contributed by atoms with E-state index < -0.39 is 12.8 Å². The molecule has 1 aromatic carbocycles. The fourth-order valence-electron chi connectivity index (χ4n) is 2.41. The number of guanidine groups is 1. The topological polar surface area (TPSA) is 41.8 Å². The predicted octanol–water partition coefficient (Wildman–Crippen LogP) is 3.17. The second-order valence-corrected chi connectivity index (χ2v) is 5.92.